The van der Waals surface area contributed by atoms with Crippen LogP contribution in [0.5, 0.6) is 5.75 Å². The van der Waals surface area contributed by atoms with Gasteiger partial charge < -0.3 is 9.64 Å². The minimum absolute atomic E-state index is 0.0537. The van der Waals surface area contributed by atoms with Gasteiger partial charge in [0.15, 0.2) is 6.10 Å². The predicted octanol–water partition coefficient (Wildman–Crippen LogP) is 3.74. The number of nitrogens with zero attached hydrogens (tertiary/aromatic N) is 1. The van der Waals surface area contributed by atoms with Crippen molar-refractivity contribution in [2.45, 2.75) is 25.9 Å². The van der Waals surface area contributed by atoms with Crippen molar-refractivity contribution in [2.75, 3.05) is 18.4 Å². The van der Waals surface area contributed by atoms with Crippen LogP contribution in [0, 0.1) is 5.92 Å². The van der Waals surface area contributed by atoms with Gasteiger partial charge in [-0.2, -0.15) is 0 Å². The second-order valence-corrected chi connectivity index (χ2v) is 6.22. The number of amides is 1. The molecule has 110 valence electrons. The normalized spacial score (nSPS) is 17.9. The van der Waals surface area contributed by atoms with E-state index in [4.69, 9.17) is 16.3 Å². The smallest absolute Gasteiger partial charge is 0.263 e. The SMILES string of the molecule is CC(Oc1cccc(Cl)c1)C(=O)N1CCC(CBr)CC1. The molecule has 1 fully saturated rings. The standard InChI is InChI=1S/C15H19BrClNO2/c1-11(20-14-4-2-3-13(17)9-14)15(19)18-7-5-12(10-16)6-8-18/h2-4,9,11-12H,5-8,10H2,1H3. The van der Waals surface area contributed by atoms with Crippen LogP contribution in [0.1, 0.15) is 19.8 Å². The highest BCUT2D eigenvalue weighted by atomic mass is 79.9. The number of carbonyl (C=O) groups excluding carboxylic acids is 1. The van der Waals surface area contributed by atoms with Crippen molar-refractivity contribution in [3.8, 4) is 5.75 Å². The van der Waals surface area contributed by atoms with Crippen LogP contribution in [0.3, 0.4) is 0 Å². The first-order chi connectivity index (χ1) is 9.60. The zero-order valence-corrected chi connectivity index (χ0v) is 13.9. The lowest BCUT2D eigenvalue weighted by Crippen LogP contribution is -2.45. The molecule has 0 aromatic heterocycles. The maximum Gasteiger partial charge on any atom is 0.263 e. The Balaban J connectivity index is 1.89. The van der Waals surface area contributed by atoms with E-state index >= 15 is 0 Å². The number of rotatable bonds is 4. The minimum Gasteiger partial charge on any atom is -0.481 e. The Morgan fingerprint density at radius 2 is 2.20 bits per heavy atom. The lowest BCUT2D eigenvalue weighted by Gasteiger charge is -2.32. The van der Waals surface area contributed by atoms with Gasteiger partial charge >= 0.3 is 0 Å². The van der Waals surface area contributed by atoms with E-state index in [1.165, 1.54) is 0 Å². The van der Waals surface area contributed by atoms with Gasteiger partial charge in [0.25, 0.3) is 5.91 Å². The Morgan fingerprint density at radius 1 is 1.50 bits per heavy atom. The first-order valence-electron chi connectivity index (χ1n) is 6.87. The summed E-state index contributed by atoms with van der Waals surface area (Å²) in [5, 5.41) is 1.63. The van der Waals surface area contributed by atoms with Gasteiger partial charge in [0.1, 0.15) is 5.75 Å². The molecule has 0 N–H and O–H groups in total. The fraction of sp³-hybridized carbons (Fsp3) is 0.533. The van der Waals surface area contributed by atoms with Crippen molar-refractivity contribution in [3.05, 3.63) is 29.3 Å². The molecule has 2 rings (SSSR count). The Kier molecular flexibility index (Phi) is 5.73. The van der Waals surface area contributed by atoms with Gasteiger partial charge in [-0.1, -0.05) is 33.6 Å². The van der Waals surface area contributed by atoms with Crippen molar-refractivity contribution in [2.24, 2.45) is 5.92 Å². The topological polar surface area (TPSA) is 29.5 Å². The maximum absolute atomic E-state index is 12.3. The summed E-state index contributed by atoms with van der Waals surface area (Å²) in [5.41, 5.74) is 0. The Hall–Kier alpha value is -0.740. The second-order valence-electron chi connectivity index (χ2n) is 5.14. The first-order valence-corrected chi connectivity index (χ1v) is 8.37. The van der Waals surface area contributed by atoms with E-state index in [9.17, 15) is 4.79 Å². The molecule has 1 aliphatic rings. The number of hydrogen-bond donors (Lipinski definition) is 0. The van der Waals surface area contributed by atoms with Crippen LogP contribution in [-0.2, 0) is 4.79 Å². The van der Waals surface area contributed by atoms with Crippen molar-refractivity contribution in [3.63, 3.8) is 0 Å². The molecule has 1 amide bonds. The fourth-order valence-electron chi connectivity index (χ4n) is 2.36. The molecule has 1 aromatic rings. The van der Waals surface area contributed by atoms with E-state index in [2.05, 4.69) is 15.9 Å². The predicted molar refractivity (Wildman–Crippen MR) is 84.6 cm³/mol. The van der Waals surface area contributed by atoms with Crippen LogP contribution >= 0.6 is 27.5 Å². The summed E-state index contributed by atoms with van der Waals surface area (Å²) in [5.74, 6) is 1.37. The Labute approximate surface area is 133 Å². The maximum atomic E-state index is 12.3. The number of carbonyl (C=O) groups is 1. The van der Waals surface area contributed by atoms with Gasteiger partial charge in [0, 0.05) is 23.4 Å². The Morgan fingerprint density at radius 3 is 2.80 bits per heavy atom. The summed E-state index contributed by atoms with van der Waals surface area (Å²) in [7, 11) is 0. The quantitative estimate of drug-likeness (QED) is 0.766. The highest BCUT2D eigenvalue weighted by Gasteiger charge is 2.26. The monoisotopic (exact) mass is 359 g/mol. The number of hydrogen-bond acceptors (Lipinski definition) is 2. The minimum atomic E-state index is -0.478. The third kappa shape index (κ3) is 4.13. The highest BCUT2D eigenvalue weighted by molar-refractivity contribution is 9.09. The summed E-state index contributed by atoms with van der Waals surface area (Å²) in [6.07, 6.45) is 1.64. The first kappa shape index (κ1) is 15.6. The number of halogens is 2. The average Bonchev–Trinajstić information content (AvgIpc) is 2.46. The van der Waals surface area contributed by atoms with Gasteiger partial charge in [-0.25, -0.2) is 0 Å². The molecule has 0 aliphatic carbocycles. The zero-order valence-electron chi connectivity index (χ0n) is 11.5. The molecule has 1 unspecified atom stereocenters. The molecule has 3 nitrogen and oxygen atoms in total. The molecule has 20 heavy (non-hydrogen) atoms. The molecule has 1 heterocycles. The lowest BCUT2D eigenvalue weighted by molar-refractivity contribution is -0.139. The lowest BCUT2D eigenvalue weighted by atomic mass is 9.99. The van der Waals surface area contributed by atoms with Gasteiger partial charge in [0.05, 0.1) is 0 Å². The second kappa shape index (κ2) is 7.32. The van der Waals surface area contributed by atoms with Crippen molar-refractivity contribution in [1.29, 1.82) is 0 Å². The van der Waals surface area contributed by atoms with Crippen molar-refractivity contribution in [1.82, 2.24) is 4.90 Å². The third-order valence-corrected chi connectivity index (χ3v) is 4.75. The van der Waals surface area contributed by atoms with E-state index in [-0.39, 0.29) is 5.91 Å². The van der Waals surface area contributed by atoms with E-state index in [1.54, 1.807) is 19.1 Å². The number of likely N-dealkylation sites (tertiary alicyclic amines) is 1. The van der Waals surface area contributed by atoms with Crippen LogP contribution < -0.4 is 4.74 Å². The fourth-order valence-corrected chi connectivity index (χ4v) is 3.19. The van der Waals surface area contributed by atoms with Gasteiger partial charge in [-0.3, -0.25) is 4.79 Å². The summed E-state index contributed by atoms with van der Waals surface area (Å²) >= 11 is 9.42. The van der Waals surface area contributed by atoms with Crippen LogP contribution in [-0.4, -0.2) is 35.3 Å². The molecular formula is C15H19BrClNO2. The molecular weight excluding hydrogens is 342 g/mol. The van der Waals surface area contributed by atoms with Crippen molar-refractivity contribution < 1.29 is 9.53 Å². The van der Waals surface area contributed by atoms with E-state index in [0.717, 1.165) is 31.3 Å². The summed E-state index contributed by atoms with van der Waals surface area (Å²) in [4.78, 5) is 14.2. The molecule has 0 saturated carbocycles. The molecule has 0 spiro atoms. The van der Waals surface area contributed by atoms with Crippen LogP contribution in [0.15, 0.2) is 24.3 Å². The van der Waals surface area contributed by atoms with Crippen LogP contribution in [0.25, 0.3) is 0 Å². The summed E-state index contributed by atoms with van der Waals surface area (Å²) < 4.78 is 5.68. The summed E-state index contributed by atoms with van der Waals surface area (Å²) in [6.45, 7) is 3.43. The molecule has 1 aromatic carbocycles. The van der Waals surface area contributed by atoms with E-state index < -0.39 is 6.10 Å². The number of benzene rings is 1. The molecule has 1 atom stereocenters. The van der Waals surface area contributed by atoms with E-state index in [0.29, 0.717) is 16.7 Å². The molecule has 1 aliphatic heterocycles. The Bertz CT molecular complexity index is 461. The largest absolute Gasteiger partial charge is 0.481 e. The molecule has 5 heteroatoms. The number of alkyl halides is 1. The van der Waals surface area contributed by atoms with Gasteiger partial charge in [-0.05, 0) is 43.9 Å². The average molecular weight is 361 g/mol. The van der Waals surface area contributed by atoms with Gasteiger partial charge in [-0.15, -0.1) is 0 Å². The van der Waals surface area contributed by atoms with Crippen LogP contribution in [0.2, 0.25) is 5.02 Å². The molecule has 0 radical (unpaired) electrons. The molecule has 1 saturated heterocycles. The van der Waals surface area contributed by atoms with Crippen LogP contribution in [0.4, 0.5) is 0 Å². The van der Waals surface area contributed by atoms with Crippen molar-refractivity contribution >= 4 is 33.4 Å². The number of ether oxygens (including phenoxy) is 1. The third-order valence-electron chi connectivity index (χ3n) is 3.60. The zero-order chi connectivity index (χ0) is 14.5. The van der Waals surface area contributed by atoms with Gasteiger partial charge in [0.2, 0.25) is 0 Å². The van der Waals surface area contributed by atoms with E-state index in [1.807, 2.05) is 17.0 Å². The summed E-state index contributed by atoms with van der Waals surface area (Å²) in [6, 6.07) is 7.14. The highest BCUT2D eigenvalue weighted by Crippen LogP contribution is 2.22. The number of piperidine rings is 1. The molecule has 0 bridgehead atoms.